The Morgan fingerprint density at radius 1 is 1.41 bits per heavy atom. The Kier molecular flexibility index (Phi) is 5.14. The number of rotatable bonds is 7. The highest BCUT2D eigenvalue weighted by molar-refractivity contribution is 7.90. The van der Waals surface area contributed by atoms with Gasteiger partial charge in [-0.2, -0.15) is 5.10 Å². The summed E-state index contributed by atoms with van der Waals surface area (Å²) in [5, 5.41) is 7.50. The zero-order valence-corrected chi connectivity index (χ0v) is 11.4. The molecule has 0 radical (unpaired) electrons. The predicted molar refractivity (Wildman–Crippen MR) is 68.7 cm³/mol. The van der Waals surface area contributed by atoms with Crippen LogP contribution >= 0.6 is 0 Å². The van der Waals surface area contributed by atoms with Crippen LogP contribution in [0, 0.1) is 0 Å². The van der Waals surface area contributed by atoms with Crippen LogP contribution in [0.1, 0.15) is 26.3 Å². The first kappa shape index (κ1) is 14.2. The van der Waals surface area contributed by atoms with Gasteiger partial charge < -0.3 is 5.32 Å². The lowest BCUT2D eigenvalue weighted by molar-refractivity contribution is 0.367. The lowest BCUT2D eigenvalue weighted by Crippen LogP contribution is -2.35. The molecule has 98 valence electrons. The van der Waals surface area contributed by atoms with Crippen molar-refractivity contribution in [1.29, 1.82) is 0 Å². The highest BCUT2D eigenvalue weighted by atomic mass is 32.2. The van der Waals surface area contributed by atoms with Crippen molar-refractivity contribution in [2.45, 2.75) is 32.4 Å². The van der Waals surface area contributed by atoms with Gasteiger partial charge in [0.1, 0.15) is 9.84 Å². The van der Waals surface area contributed by atoms with E-state index in [4.69, 9.17) is 0 Å². The smallest absolute Gasteiger partial charge is 0.147 e. The molecule has 0 saturated carbocycles. The molecular weight excluding hydrogens is 238 g/mol. The third-order valence-corrected chi connectivity index (χ3v) is 3.85. The Labute approximate surface area is 103 Å². The highest BCUT2D eigenvalue weighted by Gasteiger charge is 2.13. The summed E-state index contributed by atoms with van der Waals surface area (Å²) in [7, 11) is -2.84. The molecular formula is C11H21N3O2S. The quantitative estimate of drug-likeness (QED) is 0.738. The number of nitrogens with one attached hydrogen (secondary N) is 1. The molecule has 1 N–H and O–H groups in total. The Morgan fingerprint density at radius 2 is 2.12 bits per heavy atom. The van der Waals surface area contributed by atoms with Crippen molar-refractivity contribution in [3.8, 4) is 0 Å². The van der Waals surface area contributed by atoms with Crippen LogP contribution in [-0.4, -0.2) is 42.8 Å². The molecule has 0 bridgehead atoms. The van der Waals surface area contributed by atoms with Crippen LogP contribution < -0.4 is 5.32 Å². The summed E-state index contributed by atoms with van der Waals surface area (Å²) in [4.78, 5) is 0. The summed E-state index contributed by atoms with van der Waals surface area (Å²) >= 11 is 0. The molecule has 6 heteroatoms. The third kappa shape index (κ3) is 5.32. The van der Waals surface area contributed by atoms with Crippen LogP contribution in [-0.2, 0) is 9.84 Å². The molecule has 2 atom stereocenters. The van der Waals surface area contributed by atoms with Crippen LogP contribution in [0.5, 0.6) is 0 Å². The molecule has 0 aliphatic heterocycles. The average molecular weight is 259 g/mol. The molecule has 0 aliphatic rings. The van der Waals surface area contributed by atoms with E-state index in [1.807, 2.05) is 16.9 Å². The standard InChI is InChI=1S/C11H21N3O2S/c1-10(11(2)14-8-4-7-13-14)12-6-5-9-17(3,15)16/h4,7-8,10-12H,5-6,9H2,1-3H3. The summed E-state index contributed by atoms with van der Waals surface area (Å²) in [5.41, 5.74) is 0. The van der Waals surface area contributed by atoms with Gasteiger partial charge in [-0.1, -0.05) is 0 Å². The summed E-state index contributed by atoms with van der Waals surface area (Å²) < 4.78 is 23.8. The Bertz CT molecular complexity index is 414. The largest absolute Gasteiger partial charge is 0.312 e. The van der Waals surface area contributed by atoms with Crippen molar-refractivity contribution < 1.29 is 8.42 Å². The van der Waals surface area contributed by atoms with Crippen molar-refractivity contribution in [2.75, 3.05) is 18.6 Å². The van der Waals surface area contributed by atoms with Crippen molar-refractivity contribution in [3.05, 3.63) is 18.5 Å². The van der Waals surface area contributed by atoms with Crippen LogP contribution in [0.3, 0.4) is 0 Å². The van der Waals surface area contributed by atoms with E-state index in [0.29, 0.717) is 13.0 Å². The maximum absolute atomic E-state index is 11.0. The van der Waals surface area contributed by atoms with Gasteiger partial charge >= 0.3 is 0 Å². The van der Waals surface area contributed by atoms with Gasteiger partial charge in [0.15, 0.2) is 0 Å². The van der Waals surface area contributed by atoms with Crippen LogP contribution in [0.25, 0.3) is 0 Å². The van der Waals surface area contributed by atoms with Crippen LogP contribution in [0.2, 0.25) is 0 Å². The van der Waals surface area contributed by atoms with Crippen LogP contribution in [0.4, 0.5) is 0 Å². The summed E-state index contributed by atoms with van der Waals surface area (Å²) in [6.07, 6.45) is 5.60. The fourth-order valence-corrected chi connectivity index (χ4v) is 2.25. The molecule has 0 aliphatic carbocycles. The first-order chi connectivity index (χ1) is 7.90. The molecule has 0 amide bonds. The molecule has 0 aromatic carbocycles. The number of hydrogen-bond acceptors (Lipinski definition) is 4. The molecule has 17 heavy (non-hydrogen) atoms. The third-order valence-electron chi connectivity index (χ3n) is 2.82. The second-order valence-electron chi connectivity index (χ2n) is 4.45. The lowest BCUT2D eigenvalue weighted by Gasteiger charge is -2.21. The maximum atomic E-state index is 11.0. The van der Waals surface area contributed by atoms with Crippen molar-refractivity contribution >= 4 is 9.84 Å². The highest BCUT2D eigenvalue weighted by Crippen LogP contribution is 2.08. The fraction of sp³-hybridized carbons (Fsp3) is 0.727. The predicted octanol–water partition coefficient (Wildman–Crippen LogP) is 0.857. The van der Waals surface area contributed by atoms with E-state index < -0.39 is 9.84 Å². The SMILES string of the molecule is CC(NCCCS(C)(=O)=O)C(C)n1cccn1. The minimum Gasteiger partial charge on any atom is -0.312 e. The van der Waals surface area contributed by atoms with Gasteiger partial charge in [-0.15, -0.1) is 0 Å². The van der Waals surface area contributed by atoms with Gasteiger partial charge in [0.25, 0.3) is 0 Å². The van der Waals surface area contributed by atoms with E-state index in [1.165, 1.54) is 6.26 Å². The topological polar surface area (TPSA) is 64.0 Å². The summed E-state index contributed by atoms with van der Waals surface area (Å²) in [5.74, 6) is 0.239. The average Bonchev–Trinajstić information content (AvgIpc) is 2.74. The van der Waals surface area contributed by atoms with E-state index in [1.54, 1.807) is 6.20 Å². The minimum atomic E-state index is -2.84. The van der Waals surface area contributed by atoms with Gasteiger partial charge in [-0.3, -0.25) is 4.68 Å². The second kappa shape index (κ2) is 6.16. The van der Waals surface area contributed by atoms with Crippen molar-refractivity contribution in [3.63, 3.8) is 0 Å². The number of sulfone groups is 1. The van der Waals surface area contributed by atoms with Crippen molar-refractivity contribution in [2.24, 2.45) is 0 Å². The van der Waals surface area contributed by atoms with E-state index in [-0.39, 0.29) is 17.8 Å². The molecule has 0 saturated heterocycles. The van der Waals surface area contributed by atoms with Gasteiger partial charge in [-0.25, -0.2) is 8.42 Å². The van der Waals surface area contributed by atoms with E-state index in [9.17, 15) is 8.42 Å². The molecule has 1 rings (SSSR count). The summed E-state index contributed by atoms with van der Waals surface area (Å²) in [6.45, 7) is 4.87. The molecule has 0 spiro atoms. The first-order valence-corrected chi connectivity index (χ1v) is 7.86. The second-order valence-corrected chi connectivity index (χ2v) is 6.71. The van der Waals surface area contributed by atoms with Gasteiger partial charge in [0.05, 0.1) is 11.8 Å². The zero-order chi connectivity index (χ0) is 12.9. The van der Waals surface area contributed by atoms with Gasteiger partial charge in [0.2, 0.25) is 0 Å². The first-order valence-electron chi connectivity index (χ1n) is 5.80. The molecule has 1 aromatic heterocycles. The fourth-order valence-electron chi connectivity index (χ4n) is 1.59. The normalized spacial score (nSPS) is 15.7. The minimum absolute atomic E-state index is 0.239. The Hall–Kier alpha value is -0.880. The van der Waals surface area contributed by atoms with E-state index >= 15 is 0 Å². The van der Waals surface area contributed by atoms with Crippen LogP contribution in [0.15, 0.2) is 18.5 Å². The number of aromatic nitrogens is 2. The maximum Gasteiger partial charge on any atom is 0.147 e. The number of hydrogen-bond donors (Lipinski definition) is 1. The summed E-state index contributed by atoms with van der Waals surface area (Å²) in [6, 6.07) is 2.41. The van der Waals surface area contributed by atoms with Gasteiger partial charge in [-0.05, 0) is 32.9 Å². The molecule has 0 fully saturated rings. The Morgan fingerprint density at radius 3 is 2.65 bits per heavy atom. The lowest BCUT2D eigenvalue weighted by atomic mass is 10.2. The molecule has 1 heterocycles. The van der Waals surface area contributed by atoms with Crippen molar-refractivity contribution in [1.82, 2.24) is 15.1 Å². The van der Waals surface area contributed by atoms with E-state index in [0.717, 1.165) is 0 Å². The molecule has 5 nitrogen and oxygen atoms in total. The molecule has 2 unspecified atom stereocenters. The number of nitrogens with zero attached hydrogens (tertiary/aromatic N) is 2. The van der Waals surface area contributed by atoms with E-state index in [2.05, 4.69) is 24.3 Å². The molecule has 1 aromatic rings. The zero-order valence-electron chi connectivity index (χ0n) is 10.6. The van der Waals surface area contributed by atoms with Gasteiger partial charge in [0, 0.05) is 24.7 Å². The Balaban J connectivity index is 2.28. The monoisotopic (exact) mass is 259 g/mol.